The Labute approximate surface area is 126 Å². The van der Waals surface area contributed by atoms with Crippen LogP contribution in [0.2, 0.25) is 0 Å². The van der Waals surface area contributed by atoms with E-state index in [1.165, 1.54) is 6.07 Å². The number of aromatic nitrogens is 1. The minimum absolute atomic E-state index is 0.0874. The van der Waals surface area contributed by atoms with Gasteiger partial charge in [0.2, 0.25) is 5.75 Å². The van der Waals surface area contributed by atoms with Gasteiger partial charge in [-0.15, -0.1) is 0 Å². The Morgan fingerprint density at radius 3 is 2.74 bits per heavy atom. The van der Waals surface area contributed by atoms with Crippen LogP contribution in [0.5, 0.6) is 11.5 Å². The Balaban J connectivity index is 2.51. The second kappa shape index (κ2) is 5.66. The van der Waals surface area contributed by atoms with Gasteiger partial charge in [0.25, 0.3) is 0 Å². The SMILES string of the molecule is Cc1cc(Br)cc([N+](=O)[O-])c1Oc1ccncc1Br. The first-order chi connectivity index (χ1) is 8.99. The predicted molar refractivity (Wildman–Crippen MR) is 77.5 cm³/mol. The van der Waals surface area contributed by atoms with E-state index in [-0.39, 0.29) is 11.4 Å². The zero-order valence-electron chi connectivity index (χ0n) is 9.76. The van der Waals surface area contributed by atoms with Crippen molar-refractivity contribution in [1.29, 1.82) is 0 Å². The average molecular weight is 388 g/mol. The van der Waals surface area contributed by atoms with Crippen molar-refractivity contribution in [3.8, 4) is 11.5 Å². The molecule has 0 aliphatic rings. The first kappa shape index (κ1) is 14.0. The molecule has 1 aromatic carbocycles. The van der Waals surface area contributed by atoms with E-state index in [2.05, 4.69) is 36.8 Å². The highest BCUT2D eigenvalue weighted by Gasteiger charge is 2.20. The third kappa shape index (κ3) is 3.10. The lowest BCUT2D eigenvalue weighted by Crippen LogP contribution is -1.96. The average Bonchev–Trinajstić information content (AvgIpc) is 2.34. The molecule has 0 amide bonds. The van der Waals surface area contributed by atoms with Crippen LogP contribution < -0.4 is 4.74 Å². The summed E-state index contributed by atoms with van der Waals surface area (Å²) in [5.41, 5.74) is 0.584. The lowest BCUT2D eigenvalue weighted by molar-refractivity contribution is -0.385. The fourth-order valence-corrected chi connectivity index (χ4v) is 2.43. The van der Waals surface area contributed by atoms with E-state index in [9.17, 15) is 10.1 Å². The standard InChI is InChI=1S/C12H8Br2N2O3/c1-7-4-8(13)5-10(16(17)18)12(7)19-11-2-3-15-6-9(11)14/h2-6H,1H3. The minimum Gasteiger partial charge on any atom is -0.449 e. The van der Waals surface area contributed by atoms with Crippen LogP contribution in [0.3, 0.4) is 0 Å². The predicted octanol–water partition coefficient (Wildman–Crippen LogP) is 4.62. The fourth-order valence-electron chi connectivity index (χ4n) is 1.54. The van der Waals surface area contributed by atoms with Crippen molar-refractivity contribution in [2.45, 2.75) is 6.92 Å². The van der Waals surface area contributed by atoms with Gasteiger partial charge in [0.05, 0.1) is 9.40 Å². The van der Waals surface area contributed by atoms with Gasteiger partial charge >= 0.3 is 5.69 Å². The van der Waals surface area contributed by atoms with Crippen molar-refractivity contribution in [3.63, 3.8) is 0 Å². The molecule has 1 aromatic heterocycles. The van der Waals surface area contributed by atoms with Crippen molar-refractivity contribution >= 4 is 37.5 Å². The number of halogens is 2. The number of rotatable bonds is 3. The molecular formula is C12H8Br2N2O3. The number of hydrogen-bond acceptors (Lipinski definition) is 4. The van der Waals surface area contributed by atoms with E-state index in [0.717, 1.165) is 0 Å². The summed E-state index contributed by atoms with van der Waals surface area (Å²) in [7, 11) is 0. The number of nitrogens with zero attached hydrogens (tertiary/aromatic N) is 2. The zero-order chi connectivity index (χ0) is 14.0. The van der Waals surface area contributed by atoms with E-state index in [0.29, 0.717) is 20.3 Å². The molecule has 0 bridgehead atoms. The first-order valence-electron chi connectivity index (χ1n) is 5.21. The second-order valence-electron chi connectivity index (χ2n) is 3.74. The fraction of sp³-hybridized carbons (Fsp3) is 0.0833. The van der Waals surface area contributed by atoms with Crippen LogP contribution in [0.15, 0.2) is 39.5 Å². The van der Waals surface area contributed by atoms with E-state index < -0.39 is 4.92 Å². The largest absolute Gasteiger partial charge is 0.449 e. The van der Waals surface area contributed by atoms with Gasteiger partial charge in [-0.3, -0.25) is 15.1 Å². The molecule has 0 saturated carbocycles. The zero-order valence-corrected chi connectivity index (χ0v) is 12.9. The monoisotopic (exact) mass is 386 g/mol. The van der Waals surface area contributed by atoms with E-state index in [4.69, 9.17) is 4.74 Å². The molecule has 1 heterocycles. The maximum absolute atomic E-state index is 11.1. The summed E-state index contributed by atoms with van der Waals surface area (Å²) in [5, 5.41) is 11.1. The molecule has 0 aliphatic heterocycles. The lowest BCUT2D eigenvalue weighted by atomic mass is 10.2. The second-order valence-corrected chi connectivity index (χ2v) is 5.51. The summed E-state index contributed by atoms with van der Waals surface area (Å²) >= 11 is 6.52. The Morgan fingerprint density at radius 1 is 1.37 bits per heavy atom. The van der Waals surface area contributed by atoms with Gasteiger partial charge in [0.15, 0.2) is 0 Å². The molecule has 7 heteroatoms. The summed E-state index contributed by atoms with van der Waals surface area (Å²) in [6.45, 7) is 1.75. The summed E-state index contributed by atoms with van der Waals surface area (Å²) in [6.07, 6.45) is 3.12. The molecule has 0 radical (unpaired) electrons. The molecule has 0 saturated heterocycles. The Hall–Kier alpha value is -1.47. The van der Waals surface area contributed by atoms with E-state index in [1.807, 2.05) is 0 Å². The normalized spacial score (nSPS) is 10.3. The highest BCUT2D eigenvalue weighted by atomic mass is 79.9. The molecule has 2 aromatic rings. The van der Waals surface area contributed by atoms with Gasteiger partial charge in [-0.1, -0.05) is 15.9 Å². The van der Waals surface area contributed by atoms with Gasteiger partial charge in [-0.2, -0.15) is 0 Å². The molecule has 0 N–H and O–H groups in total. The van der Waals surface area contributed by atoms with Crippen LogP contribution in [-0.4, -0.2) is 9.91 Å². The number of nitro groups is 1. The molecular weight excluding hydrogens is 380 g/mol. The maximum atomic E-state index is 11.1. The van der Waals surface area contributed by atoms with Crippen molar-refractivity contribution in [2.75, 3.05) is 0 Å². The molecule has 0 fully saturated rings. The number of hydrogen-bond donors (Lipinski definition) is 0. The van der Waals surface area contributed by atoms with Crippen LogP contribution in [0.4, 0.5) is 5.69 Å². The van der Waals surface area contributed by atoms with Crippen LogP contribution >= 0.6 is 31.9 Å². The molecule has 98 valence electrons. The van der Waals surface area contributed by atoms with E-state index in [1.54, 1.807) is 31.5 Å². The van der Waals surface area contributed by atoms with Crippen LogP contribution in [0.1, 0.15) is 5.56 Å². The van der Waals surface area contributed by atoms with Crippen molar-refractivity contribution in [1.82, 2.24) is 4.98 Å². The summed E-state index contributed by atoms with van der Waals surface area (Å²) in [4.78, 5) is 14.5. The molecule has 0 spiro atoms. The molecule has 5 nitrogen and oxygen atoms in total. The minimum atomic E-state index is -0.470. The van der Waals surface area contributed by atoms with Gasteiger partial charge in [0, 0.05) is 29.0 Å². The molecule has 0 atom stereocenters. The Morgan fingerprint density at radius 2 is 2.11 bits per heavy atom. The highest BCUT2D eigenvalue weighted by Crippen LogP contribution is 2.38. The van der Waals surface area contributed by atoms with Crippen molar-refractivity contribution < 1.29 is 9.66 Å². The Bertz CT molecular complexity index is 647. The number of nitro benzene ring substituents is 1. The molecule has 19 heavy (non-hydrogen) atoms. The van der Waals surface area contributed by atoms with E-state index >= 15 is 0 Å². The maximum Gasteiger partial charge on any atom is 0.312 e. The molecule has 0 aliphatic carbocycles. The van der Waals surface area contributed by atoms with Crippen LogP contribution in [0.25, 0.3) is 0 Å². The summed E-state index contributed by atoms with van der Waals surface area (Å²) < 4.78 is 6.91. The van der Waals surface area contributed by atoms with Crippen LogP contribution in [-0.2, 0) is 0 Å². The number of benzene rings is 1. The summed E-state index contributed by atoms with van der Waals surface area (Å²) in [6, 6.07) is 4.81. The smallest absolute Gasteiger partial charge is 0.312 e. The van der Waals surface area contributed by atoms with Crippen molar-refractivity contribution in [2.24, 2.45) is 0 Å². The quantitative estimate of drug-likeness (QED) is 0.569. The van der Waals surface area contributed by atoms with Crippen LogP contribution in [0, 0.1) is 17.0 Å². The first-order valence-corrected chi connectivity index (χ1v) is 6.79. The topological polar surface area (TPSA) is 65.3 Å². The highest BCUT2D eigenvalue weighted by molar-refractivity contribution is 9.10. The Kier molecular flexibility index (Phi) is 4.16. The van der Waals surface area contributed by atoms with Gasteiger partial charge in [0.1, 0.15) is 5.75 Å². The van der Waals surface area contributed by atoms with Gasteiger partial charge in [-0.05, 0) is 34.5 Å². The third-order valence-electron chi connectivity index (χ3n) is 2.36. The van der Waals surface area contributed by atoms with Crippen molar-refractivity contribution in [3.05, 3.63) is 55.2 Å². The number of pyridine rings is 1. The molecule has 0 unspecified atom stereocenters. The van der Waals surface area contributed by atoms with Gasteiger partial charge < -0.3 is 4.74 Å². The number of ether oxygens (including phenoxy) is 1. The van der Waals surface area contributed by atoms with Gasteiger partial charge in [-0.25, -0.2) is 0 Å². The lowest BCUT2D eigenvalue weighted by Gasteiger charge is -2.10. The summed E-state index contributed by atoms with van der Waals surface area (Å²) in [5.74, 6) is 0.698. The number of aryl methyl sites for hydroxylation is 1. The molecule has 2 rings (SSSR count). The third-order valence-corrected chi connectivity index (χ3v) is 3.42.